The largest absolute Gasteiger partial charge is 4.00 e. The van der Waals surface area contributed by atoms with Gasteiger partial charge in [0, 0.05) is 0 Å². The van der Waals surface area contributed by atoms with Crippen molar-refractivity contribution in [2.75, 3.05) is 0 Å². The van der Waals surface area contributed by atoms with Crippen LogP contribution in [0.4, 0.5) is 0 Å². The van der Waals surface area contributed by atoms with Crippen LogP contribution in [0.15, 0.2) is 85.8 Å². The van der Waals surface area contributed by atoms with Gasteiger partial charge in [0.1, 0.15) is 0 Å². The van der Waals surface area contributed by atoms with Crippen molar-refractivity contribution in [2.24, 2.45) is 0 Å². The molecule has 154 valence electrons. The summed E-state index contributed by atoms with van der Waals surface area (Å²) < 4.78 is 0. The molecule has 0 radical (unpaired) electrons. The average molecular weight is 480 g/mol. The number of rotatable bonds is 2. The number of aromatic carboxylic acids is 2. The zero-order valence-corrected chi connectivity index (χ0v) is 18.4. The molecule has 0 aliphatic carbocycles. The fourth-order valence-electron chi connectivity index (χ4n) is 1.14. The van der Waals surface area contributed by atoms with Crippen LogP contribution in [0.3, 0.4) is 0 Å². The molecule has 2 rings (SSSR count). The minimum absolute atomic E-state index is 0. The van der Waals surface area contributed by atoms with E-state index in [4.69, 9.17) is 20.4 Å². The molecule has 0 heterocycles. The van der Waals surface area contributed by atoms with Crippen LogP contribution in [0.25, 0.3) is 0 Å². The topological polar surface area (TPSA) is 144 Å². The first kappa shape index (κ1) is 36.9. The van der Waals surface area contributed by atoms with E-state index < -0.39 is 17.9 Å². The van der Waals surface area contributed by atoms with Gasteiger partial charge in [-0.15, -0.1) is 0 Å². The Labute approximate surface area is 190 Å². The van der Waals surface area contributed by atoms with Crippen LogP contribution in [0, 0.1) is 13.2 Å². The van der Waals surface area contributed by atoms with Crippen LogP contribution >= 0.6 is 0 Å². The smallest absolute Gasteiger partial charge is 2.00 e. The first-order valence-corrected chi connectivity index (χ1v) is 7.31. The van der Waals surface area contributed by atoms with Gasteiger partial charge in [0.15, 0.2) is 0 Å². The molecule has 0 unspecified atom stereocenters. The Morgan fingerprint density at radius 3 is 1.00 bits per heavy atom. The molecule has 4 N–H and O–H groups in total. The number of aliphatic hydroxyl groups excluding tert-OH is 1. The zero-order valence-electron chi connectivity index (χ0n) is 15.9. The SMILES string of the molecule is CC=C(O)O.O=C(O)c1ccc(C(=O)O)cc1.[CH-]=C.[CH-]=C.[O-2].[Zr+4].c1ccccc1. The van der Waals surface area contributed by atoms with Crippen molar-refractivity contribution in [3.05, 3.63) is 110 Å². The molecule has 0 aliphatic heterocycles. The normalized spacial score (nSPS) is 6.93. The van der Waals surface area contributed by atoms with Crippen molar-refractivity contribution in [1.82, 2.24) is 0 Å². The van der Waals surface area contributed by atoms with Crippen LogP contribution in [-0.4, -0.2) is 32.4 Å². The number of allylic oxidation sites excluding steroid dienone is 1. The van der Waals surface area contributed by atoms with Gasteiger partial charge >= 0.3 is 38.1 Å². The molecule has 0 fully saturated rings. The van der Waals surface area contributed by atoms with Gasteiger partial charge in [0.25, 0.3) is 5.95 Å². The van der Waals surface area contributed by atoms with Crippen LogP contribution in [0.2, 0.25) is 0 Å². The summed E-state index contributed by atoms with van der Waals surface area (Å²) in [6.45, 7) is 15.5. The molecule has 0 bridgehead atoms. The molecule has 8 heteroatoms. The van der Waals surface area contributed by atoms with E-state index in [1.807, 2.05) is 36.4 Å². The summed E-state index contributed by atoms with van der Waals surface area (Å²) in [5, 5.41) is 32.5. The molecule has 0 aromatic heterocycles. The van der Waals surface area contributed by atoms with Crippen molar-refractivity contribution in [1.29, 1.82) is 0 Å². The quantitative estimate of drug-likeness (QED) is 0.359. The second-order valence-corrected chi connectivity index (χ2v) is 3.99. The molecule has 0 aliphatic rings. The van der Waals surface area contributed by atoms with Gasteiger partial charge in [-0.2, -0.15) is 0 Å². The van der Waals surface area contributed by atoms with Gasteiger partial charge in [-0.1, -0.05) is 36.4 Å². The third-order valence-electron chi connectivity index (χ3n) is 2.30. The van der Waals surface area contributed by atoms with E-state index in [1.54, 1.807) is 0 Å². The number of hydrogen-bond acceptors (Lipinski definition) is 4. The van der Waals surface area contributed by atoms with Crippen molar-refractivity contribution in [3.8, 4) is 0 Å². The number of carbonyl (C=O) groups is 2. The summed E-state index contributed by atoms with van der Waals surface area (Å²) in [6.07, 6.45) is 1.19. The summed E-state index contributed by atoms with van der Waals surface area (Å²) in [5.41, 5.74) is 0.167. The molecule has 0 atom stereocenters. The van der Waals surface area contributed by atoms with Crippen LogP contribution in [0.5, 0.6) is 0 Å². The predicted octanol–water partition coefficient (Wildman–Crippen LogP) is 4.82. The van der Waals surface area contributed by atoms with Gasteiger partial charge in [0.05, 0.1) is 11.1 Å². The second kappa shape index (κ2) is 27.3. The number of aliphatic hydroxyl groups is 2. The van der Waals surface area contributed by atoms with Crippen molar-refractivity contribution >= 4 is 11.9 Å². The molecule has 0 amide bonds. The molecule has 2 aromatic rings. The maximum atomic E-state index is 10.3. The van der Waals surface area contributed by atoms with Crippen molar-refractivity contribution in [2.45, 2.75) is 6.92 Å². The number of carboxylic acid groups (broad SMARTS) is 2. The maximum Gasteiger partial charge on any atom is 4.00 e. The third-order valence-corrected chi connectivity index (χ3v) is 2.30. The Morgan fingerprint density at radius 1 is 0.724 bits per heavy atom. The van der Waals surface area contributed by atoms with E-state index in [2.05, 4.69) is 26.3 Å². The Hall–Kier alpha value is -2.96. The van der Waals surface area contributed by atoms with E-state index in [-0.39, 0.29) is 42.8 Å². The summed E-state index contributed by atoms with van der Waals surface area (Å²) in [5.74, 6) is -2.75. The third kappa shape index (κ3) is 25.0. The Morgan fingerprint density at radius 2 is 0.897 bits per heavy atom. The second-order valence-electron chi connectivity index (χ2n) is 3.99. The number of hydrogen-bond donors (Lipinski definition) is 4. The molecular weight excluding hydrogens is 455 g/mol. The fourth-order valence-corrected chi connectivity index (χ4v) is 1.14. The molecule has 0 saturated heterocycles. The summed E-state index contributed by atoms with van der Waals surface area (Å²) in [7, 11) is 0. The molecule has 7 nitrogen and oxygen atoms in total. The molecule has 0 spiro atoms. The minimum Gasteiger partial charge on any atom is -2.00 e. The molecule has 29 heavy (non-hydrogen) atoms. The standard InChI is InChI=1S/C8H6O4.C6H6.C3H6O2.2C2H3.O.Zr/c9-7(10)5-1-2-6(4-3-5)8(11)12;1-2-4-6-5-3-1;1-2-3(4)5;2*1-2;;/h1-4H,(H,9,10)(H,11,12);1-6H;2,4-5H,1H3;2*1H,2H2;;/q;;;2*-1;-2;+4. The first-order valence-electron chi connectivity index (χ1n) is 7.31. The van der Waals surface area contributed by atoms with Crippen LogP contribution < -0.4 is 0 Å². The van der Waals surface area contributed by atoms with Crippen molar-refractivity contribution in [3.63, 3.8) is 0 Å². The first-order chi connectivity index (χ1) is 12.9. The monoisotopic (exact) mass is 478 g/mol. The summed E-state index contributed by atoms with van der Waals surface area (Å²) in [4.78, 5) is 20.7. The Balaban J connectivity index is -0.0000000966. The van der Waals surface area contributed by atoms with Gasteiger partial charge in [0.2, 0.25) is 0 Å². The maximum absolute atomic E-state index is 10.3. The Bertz CT molecular complexity index is 591. The van der Waals surface area contributed by atoms with E-state index in [9.17, 15) is 9.59 Å². The fraction of sp³-hybridized carbons (Fsp3) is 0.0476. The molecule has 0 saturated carbocycles. The van der Waals surface area contributed by atoms with Gasteiger partial charge in [-0.3, -0.25) is 13.2 Å². The summed E-state index contributed by atoms with van der Waals surface area (Å²) in [6, 6.07) is 17.0. The van der Waals surface area contributed by atoms with E-state index in [0.29, 0.717) is 0 Å². The van der Waals surface area contributed by atoms with Crippen molar-refractivity contribution < 1.29 is 61.7 Å². The van der Waals surface area contributed by atoms with Gasteiger partial charge < -0.3 is 39.1 Å². The number of carboxylic acids is 2. The van der Waals surface area contributed by atoms with E-state index in [0.717, 1.165) is 0 Å². The minimum atomic E-state index is -1.06. The van der Waals surface area contributed by atoms with E-state index in [1.165, 1.54) is 37.3 Å². The van der Waals surface area contributed by atoms with Gasteiger partial charge in [-0.25, -0.2) is 9.59 Å². The van der Waals surface area contributed by atoms with Crippen LogP contribution in [-0.2, 0) is 31.7 Å². The predicted molar refractivity (Wildman–Crippen MR) is 106 cm³/mol. The number of benzene rings is 2. The zero-order chi connectivity index (χ0) is 21.7. The average Bonchev–Trinajstić information content (AvgIpc) is 2.73. The van der Waals surface area contributed by atoms with E-state index >= 15 is 0 Å². The van der Waals surface area contributed by atoms with Gasteiger partial charge in [-0.05, 0) is 37.3 Å². The molecular formula is C21H24O7Zr. The molecule has 2 aromatic carbocycles. The van der Waals surface area contributed by atoms with Crippen LogP contribution in [0.1, 0.15) is 27.6 Å². The summed E-state index contributed by atoms with van der Waals surface area (Å²) >= 11 is 0. The Kier molecular flexibility index (Phi) is 34.7.